The minimum absolute atomic E-state index is 0.0218. The van der Waals surface area contributed by atoms with Crippen LogP contribution in [0, 0.1) is 5.41 Å². The van der Waals surface area contributed by atoms with E-state index in [1.807, 2.05) is 6.07 Å². The number of carbonyl (C=O) groups excluding carboxylic acids is 1. The zero-order chi connectivity index (χ0) is 13.7. The number of rotatable bonds is 7. The highest BCUT2D eigenvalue weighted by Gasteiger charge is 2.40. The summed E-state index contributed by atoms with van der Waals surface area (Å²) in [5.41, 5.74) is 1.01. The van der Waals surface area contributed by atoms with E-state index in [2.05, 4.69) is 29.5 Å². The molecule has 1 fully saturated rings. The molecule has 2 N–H and O–H groups in total. The highest BCUT2D eigenvalue weighted by atomic mass is 16.1. The molecule has 19 heavy (non-hydrogen) atoms. The summed E-state index contributed by atoms with van der Waals surface area (Å²) in [5, 5.41) is 6.25. The van der Waals surface area contributed by atoms with Crippen LogP contribution in [0.25, 0.3) is 0 Å². The van der Waals surface area contributed by atoms with Crippen LogP contribution in [-0.4, -0.2) is 24.0 Å². The number of pyridine rings is 1. The van der Waals surface area contributed by atoms with Gasteiger partial charge >= 0.3 is 0 Å². The Morgan fingerprint density at radius 2 is 2.21 bits per heavy atom. The van der Waals surface area contributed by atoms with Crippen LogP contribution >= 0.6 is 0 Å². The van der Waals surface area contributed by atoms with Crippen molar-refractivity contribution in [3.8, 4) is 0 Å². The van der Waals surface area contributed by atoms with Crippen molar-refractivity contribution in [2.24, 2.45) is 5.41 Å². The number of amides is 1. The third-order valence-corrected chi connectivity index (χ3v) is 3.93. The Morgan fingerprint density at radius 1 is 1.42 bits per heavy atom. The number of carbonyl (C=O) groups is 1. The summed E-state index contributed by atoms with van der Waals surface area (Å²) in [7, 11) is 0. The topological polar surface area (TPSA) is 54.0 Å². The third-order valence-electron chi connectivity index (χ3n) is 3.93. The first-order chi connectivity index (χ1) is 9.21. The van der Waals surface area contributed by atoms with Crippen molar-refractivity contribution < 1.29 is 4.79 Å². The van der Waals surface area contributed by atoms with Gasteiger partial charge in [0.25, 0.3) is 5.91 Å². The molecule has 1 aliphatic rings. The molecule has 1 aliphatic carbocycles. The molecule has 1 heterocycles. The maximum absolute atomic E-state index is 12.2. The molecule has 1 saturated carbocycles. The van der Waals surface area contributed by atoms with E-state index in [1.54, 1.807) is 12.3 Å². The van der Waals surface area contributed by atoms with Crippen molar-refractivity contribution in [3.05, 3.63) is 23.9 Å². The molecular weight excluding hydrogens is 238 g/mol. The summed E-state index contributed by atoms with van der Waals surface area (Å²) in [6.45, 7) is 5.89. The van der Waals surface area contributed by atoms with E-state index in [4.69, 9.17) is 0 Å². The van der Waals surface area contributed by atoms with Gasteiger partial charge in [0.1, 0.15) is 5.82 Å². The molecule has 0 aliphatic heterocycles. The molecule has 104 valence electrons. The average molecular weight is 261 g/mol. The van der Waals surface area contributed by atoms with E-state index >= 15 is 0 Å². The second kappa shape index (κ2) is 6.04. The van der Waals surface area contributed by atoms with Crippen LogP contribution in [0.4, 0.5) is 5.82 Å². The van der Waals surface area contributed by atoms with E-state index in [0.29, 0.717) is 16.8 Å². The van der Waals surface area contributed by atoms with Gasteiger partial charge in [0, 0.05) is 19.3 Å². The lowest BCUT2D eigenvalue weighted by Gasteiger charge is -2.15. The van der Waals surface area contributed by atoms with Crippen molar-refractivity contribution in [2.75, 3.05) is 18.4 Å². The Labute approximate surface area is 115 Å². The van der Waals surface area contributed by atoms with E-state index in [9.17, 15) is 4.79 Å². The predicted octanol–water partition coefficient (Wildman–Crippen LogP) is 2.82. The summed E-state index contributed by atoms with van der Waals surface area (Å²) in [5.74, 6) is 0.662. The Hall–Kier alpha value is -1.58. The first kappa shape index (κ1) is 13.8. The van der Waals surface area contributed by atoms with Gasteiger partial charge in [-0.1, -0.05) is 13.8 Å². The lowest BCUT2D eigenvalue weighted by Crippen LogP contribution is -2.30. The smallest absolute Gasteiger partial charge is 0.255 e. The maximum Gasteiger partial charge on any atom is 0.255 e. The van der Waals surface area contributed by atoms with Gasteiger partial charge in [-0.2, -0.15) is 0 Å². The monoisotopic (exact) mass is 261 g/mol. The van der Waals surface area contributed by atoms with Gasteiger partial charge < -0.3 is 10.6 Å². The van der Waals surface area contributed by atoms with Crippen molar-refractivity contribution in [1.82, 2.24) is 10.3 Å². The minimum Gasteiger partial charge on any atom is -0.369 e. The van der Waals surface area contributed by atoms with Gasteiger partial charge in [0.05, 0.1) is 5.56 Å². The number of nitrogens with one attached hydrogen (secondary N) is 2. The van der Waals surface area contributed by atoms with Crippen LogP contribution in [-0.2, 0) is 0 Å². The molecule has 0 aromatic carbocycles. The second-order valence-electron chi connectivity index (χ2n) is 5.36. The van der Waals surface area contributed by atoms with Gasteiger partial charge in [-0.25, -0.2) is 4.98 Å². The van der Waals surface area contributed by atoms with Crippen LogP contribution in [0.1, 0.15) is 49.9 Å². The zero-order valence-electron chi connectivity index (χ0n) is 11.8. The minimum atomic E-state index is -0.0218. The lowest BCUT2D eigenvalue weighted by molar-refractivity contribution is 0.0945. The number of anilines is 1. The van der Waals surface area contributed by atoms with Gasteiger partial charge in [-0.05, 0) is 43.2 Å². The fourth-order valence-corrected chi connectivity index (χ4v) is 2.17. The number of nitrogens with zero attached hydrogens (tertiary/aromatic N) is 1. The maximum atomic E-state index is 12.2. The molecule has 4 nitrogen and oxygen atoms in total. The Kier molecular flexibility index (Phi) is 4.40. The highest BCUT2D eigenvalue weighted by Crippen LogP contribution is 2.47. The molecular formula is C15H23N3O. The summed E-state index contributed by atoms with van der Waals surface area (Å²) >= 11 is 0. The van der Waals surface area contributed by atoms with E-state index < -0.39 is 0 Å². The zero-order valence-corrected chi connectivity index (χ0v) is 11.8. The van der Waals surface area contributed by atoms with Gasteiger partial charge in [-0.15, -0.1) is 0 Å². The molecule has 0 spiro atoms. The van der Waals surface area contributed by atoms with Gasteiger partial charge in [-0.3, -0.25) is 4.79 Å². The van der Waals surface area contributed by atoms with E-state index in [1.165, 1.54) is 12.8 Å². The van der Waals surface area contributed by atoms with Crippen LogP contribution in [0.5, 0.6) is 0 Å². The van der Waals surface area contributed by atoms with Gasteiger partial charge in [0.2, 0.25) is 0 Å². The molecule has 1 aromatic rings. The first-order valence-corrected chi connectivity index (χ1v) is 7.18. The van der Waals surface area contributed by atoms with Crippen molar-refractivity contribution in [3.63, 3.8) is 0 Å². The predicted molar refractivity (Wildman–Crippen MR) is 77.3 cm³/mol. The van der Waals surface area contributed by atoms with E-state index in [0.717, 1.165) is 25.9 Å². The lowest BCUT2D eigenvalue weighted by atomic mass is 10.0. The molecule has 0 saturated heterocycles. The van der Waals surface area contributed by atoms with Crippen molar-refractivity contribution in [1.29, 1.82) is 0 Å². The number of hydrogen-bond acceptors (Lipinski definition) is 3. The SMILES string of the molecule is CCCNc1ncccc1C(=O)NCC1(CC)CC1. The van der Waals surface area contributed by atoms with Crippen LogP contribution in [0.15, 0.2) is 18.3 Å². The average Bonchev–Trinajstić information content (AvgIpc) is 3.23. The van der Waals surface area contributed by atoms with Gasteiger partial charge in [0.15, 0.2) is 0 Å². The number of hydrogen-bond donors (Lipinski definition) is 2. The Bertz CT molecular complexity index is 441. The summed E-state index contributed by atoms with van der Waals surface area (Å²) in [6, 6.07) is 3.63. The largest absolute Gasteiger partial charge is 0.369 e. The molecule has 2 rings (SSSR count). The standard InChI is InChI=1S/C15H23N3O/c1-3-9-16-13-12(6-5-10-17-13)14(19)18-11-15(4-2)7-8-15/h5-6,10H,3-4,7-9,11H2,1-2H3,(H,16,17)(H,18,19). The summed E-state index contributed by atoms with van der Waals surface area (Å²) < 4.78 is 0. The molecule has 1 aromatic heterocycles. The summed E-state index contributed by atoms with van der Waals surface area (Å²) in [4.78, 5) is 16.5. The van der Waals surface area contributed by atoms with Crippen LogP contribution in [0.2, 0.25) is 0 Å². The van der Waals surface area contributed by atoms with Crippen LogP contribution < -0.4 is 10.6 Å². The molecule has 0 bridgehead atoms. The molecule has 4 heteroatoms. The third kappa shape index (κ3) is 3.46. The molecule has 0 atom stereocenters. The van der Waals surface area contributed by atoms with Crippen molar-refractivity contribution >= 4 is 11.7 Å². The quantitative estimate of drug-likeness (QED) is 0.793. The fourth-order valence-electron chi connectivity index (χ4n) is 2.17. The van der Waals surface area contributed by atoms with E-state index in [-0.39, 0.29) is 5.91 Å². The van der Waals surface area contributed by atoms with Crippen LogP contribution in [0.3, 0.4) is 0 Å². The molecule has 1 amide bonds. The molecule has 0 radical (unpaired) electrons. The molecule has 0 unspecified atom stereocenters. The van der Waals surface area contributed by atoms with Crippen molar-refractivity contribution in [2.45, 2.75) is 39.5 Å². The fraction of sp³-hybridized carbons (Fsp3) is 0.600. The Morgan fingerprint density at radius 3 is 2.84 bits per heavy atom. The number of aromatic nitrogens is 1. The Balaban J connectivity index is 1.98. The first-order valence-electron chi connectivity index (χ1n) is 7.18. The normalized spacial score (nSPS) is 15.9. The highest BCUT2D eigenvalue weighted by molar-refractivity contribution is 5.98. The second-order valence-corrected chi connectivity index (χ2v) is 5.36. The summed E-state index contributed by atoms with van der Waals surface area (Å²) in [6.07, 6.45) is 6.33.